The van der Waals surface area contributed by atoms with Gasteiger partial charge >= 0.3 is 6.09 Å². The molecule has 0 saturated carbocycles. The monoisotopic (exact) mass is 286 g/mol. The van der Waals surface area contributed by atoms with Crippen molar-refractivity contribution < 1.29 is 19.2 Å². The largest absolute Gasteiger partial charge is 0.445 e. The number of amides is 1. The fourth-order valence-electron chi connectivity index (χ4n) is 1.18. The van der Waals surface area contributed by atoms with Gasteiger partial charge in [-0.2, -0.15) is 0 Å². The van der Waals surface area contributed by atoms with Gasteiger partial charge in [-0.15, -0.1) is 0 Å². The number of nitro groups is 1. The first kappa shape index (κ1) is 14.9. The van der Waals surface area contributed by atoms with Crippen molar-refractivity contribution in [2.75, 3.05) is 6.54 Å². The Morgan fingerprint density at radius 3 is 2.47 bits per heavy atom. The molecule has 8 heteroatoms. The molecule has 0 atom stereocenters. The van der Waals surface area contributed by atoms with Crippen LogP contribution in [0.2, 0.25) is 0 Å². The molecule has 0 spiro atoms. The van der Waals surface area contributed by atoms with Gasteiger partial charge < -0.3 is 10.1 Å². The lowest BCUT2D eigenvalue weighted by atomic mass is 10.2. The fraction of sp³-hybridized carbons (Fsp3) is 0.273. The summed E-state index contributed by atoms with van der Waals surface area (Å²) in [7, 11) is 0. The molecule has 0 aromatic heterocycles. The molecule has 1 amide bonds. The number of halogens is 1. The third kappa shape index (κ3) is 5.82. The van der Waals surface area contributed by atoms with Gasteiger partial charge in [0.25, 0.3) is 5.69 Å². The second kappa shape index (κ2) is 7.32. The molecule has 1 N–H and O–H groups in total. The third-order valence-corrected chi connectivity index (χ3v) is 2.30. The van der Waals surface area contributed by atoms with Gasteiger partial charge in [0.1, 0.15) is 6.61 Å². The van der Waals surface area contributed by atoms with E-state index in [0.29, 0.717) is 5.56 Å². The predicted octanol–water partition coefficient (Wildman–Crippen LogP) is 1.98. The summed E-state index contributed by atoms with van der Waals surface area (Å²) < 4.78 is 4.84. The molecule has 0 aliphatic heterocycles. The van der Waals surface area contributed by atoms with Crippen molar-refractivity contribution in [1.82, 2.24) is 5.32 Å². The van der Waals surface area contributed by atoms with Gasteiger partial charge in [-0.05, 0) is 29.3 Å². The summed E-state index contributed by atoms with van der Waals surface area (Å²) in [6, 6.07) is 5.63. The molecule has 0 saturated heterocycles. The number of hydrogen-bond acceptors (Lipinski definition) is 5. The van der Waals surface area contributed by atoms with Crippen LogP contribution >= 0.6 is 11.6 Å². The van der Waals surface area contributed by atoms with E-state index in [9.17, 15) is 19.7 Å². The molecule has 1 rings (SSSR count). The number of non-ortho nitro benzene ring substituents is 1. The van der Waals surface area contributed by atoms with Crippen molar-refractivity contribution in [2.45, 2.75) is 13.0 Å². The number of benzene rings is 1. The standard InChI is InChI=1S/C11H11ClN2O5/c12-10(15)5-6-13-11(16)19-7-8-1-3-9(4-2-8)14(17)18/h1-4H,5-7H2,(H,13,16). The minimum atomic E-state index is -0.684. The van der Waals surface area contributed by atoms with E-state index in [0.717, 1.165) is 0 Å². The average molecular weight is 287 g/mol. The average Bonchev–Trinajstić information content (AvgIpc) is 2.36. The Bertz CT molecular complexity index is 474. The van der Waals surface area contributed by atoms with Crippen LogP contribution in [-0.2, 0) is 16.1 Å². The van der Waals surface area contributed by atoms with Crippen molar-refractivity contribution in [1.29, 1.82) is 0 Å². The first-order chi connectivity index (χ1) is 8.99. The quantitative estimate of drug-likeness (QED) is 0.490. The van der Waals surface area contributed by atoms with E-state index in [-0.39, 0.29) is 25.3 Å². The SMILES string of the molecule is O=C(Cl)CCNC(=O)OCc1ccc([N+](=O)[O-])cc1. The van der Waals surface area contributed by atoms with Crippen molar-refractivity contribution in [3.8, 4) is 0 Å². The summed E-state index contributed by atoms with van der Waals surface area (Å²) in [5.41, 5.74) is 0.586. The number of carbonyl (C=O) groups excluding carboxylic acids is 2. The van der Waals surface area contributed by atoms with Crippen LogP contribution in [0.1, 0.15) is 12.0 Å². The Morgan fingerprint density at radius 2 is 1.95 bits per heavy atom. The van der Waals surface area contributed by atoms with Crippen LogP contribution in [0, 0.1) is 10.1 Å². The molecule has 0 radical (unpaired) electrons. The highest BCUT2D eigenvalue weighted by Crippen LogP contribution is 2.12. The highest BCUT2D eigenvalue weighted by atomic mass is 35.5. The maximum absolute atomic E-state index is 11.2. The molecule has 1 aromatic carbocycles. The lowest BCUT2D eigenvalue weighted by molar-refractivity contribution is -0.384. The molecule has 0 aliphatic rings. The number of alkyl carbamates (subject to hydrolysis) is 1. The number of carbonyl (C=O) groups is 2. The summed E-state index contributed by atoms with van der Waals surface area (Å²) in [4.78, 5) is 31.5. The molecule has 0 fully saturated rings. The maximum Gasteiger partial charge on any atom is 0.407 e. The van der Waals surface area contributed by atoms with Crippen LogP contribution in [0.4, 0.5) is 10.5 Å². The van der Waals surface area contributed by atoms with E-state index in [2.05, 4.69) is 5.32 Å². The number of nitrogens with zero attached hydrogens (tertiary/aromatic N) is 1. The van der Waals surface area contributed by atoms with Crippen molar-refractivity contribution >= 4 is 28.6 Å². The first-order valence-corrected chi connectivity index (χ1v) is 5.69. The minimum Gasteiger partial charge on any atom is -0.445 e. The van der Waals surface area contributed by atoms with Crippen LogP contribution in [-0.4, -0.2) is 22.8 Å². The number of hydrogen-bond donors (Lipinski definition) is 1. The second-order valence-electron chi connectivity index (χ2n) is 3.53. The Kier molecular flexibility index (Phi) is 5.74. The summed E-state index contributed by atoms with van der Waals surface area (Å²) in [6.07, 6.45) is -0.662. The normalized spacial score (nSPS) is 9.74. The van der Waals surface area contributed by atoms with Crippen LogP contribution in [0.3, 0.4) is 0 Å². The molecule has 0 unspecified atom stereocenters. The fourth-order valence-corrected chi connectivity index (χ4v) is 1.27. The van der Waals surface area contributed by atoms with Crippen molar-refractivity contribution in [3.05, 3.63) is 39.9 Å². The highest BCUT2D eigenvalue weighted by Gasteiger charge is 2.06. The van der Waals surface area contributed by atoms with Gasteiger partial charge in [-0.25, -0.2) is 4.79 Å². The minimum absolute atomic E-state index is 0.0152. The van der Waals surface area contributed by atoms with E-state index in [1.54, 1.807) is 0 Å². The zero-order valence-electron chi connectivity index (χ0n) is 9.80. The van der Waals surface area contributed by atoms with Crippen LogP contribution in [0.15, 0.2) is 24.3 Å². The van der Waals surface area contributed by atoms with Gasteiger partial charge in [0, 0.05) is 25.1 Å². The van der Waals surface area contributed by atoms with E-state index in [4.69, 9.17) is 16.3 Å². The van der Waals surface area contributed by atoms with Gasteiger partial charge in [-0.1, -0.05) is 0 Å². The number of ether oxygens (including phenoxy) is 1. The molecule has 0 aliphatic carbocycles. The summed E-state index contributed by atoms with van der Waals surface area (Å²) in [6.45, 7) is 0.0834. The lowest BCUT2D eigenvalue weighted by Crippen LogP contribution is -2.26. The molecule has 7 nitrogen and oxygen atoms in total. The molecule has 19 heavy (non-hydrogen) atoms. The van der Waals surface area contributed by atoms with Gasteiger partial charge in [0.2, 0.25) is 5.24 Å². The van der Waals surface area contributed by atoms with Gasteiger partial charge in [-0.3, -0.25) is 14.9 Å². The topological polar surface area (TPSA) is 98.5 Å². The zero-order valence-corrected chi connectivity index (χ0v) is 10.6. The maximum atomic E-state index is 11.2. The lowest BCUT2D eigenvalue weighted by Gasteiger charge is -2.05. The molecular weight excluding hydrogens is 276 g/mol. The Hall–Kier alpha value is -2.15. The van der Waals surface area contributed by atoms with E-state index in [1.165, 1.54) is 24.3 Å². The summed E-state index contributed by atoms with van der Waals surface area (Å²) in [5, 5.41) is 12.2. The first-order valence-electron chi connectivity index (χ1n) is 5.31. The molecule has 1 aromatic rings. The Balaban J connectivity index is 2.33. The molecular formula is C11H11ClN2O5. The van der Waals surface area contributed by atoms with Gasteiger partial charge in [0.15, 0.2) is 0 Å². The Morgan fingerprint density at radius 1 is 1.32 bits per heavy atom. The second-order valence-corrected chi connectivity index (χ2v) is 3.95. The third-order valence-electron chi connectivity index (χ3n) is 2.11. The number of nitro benzene ring substituents is 1. The van der Waals surface area contributed by atoms with Crippen LogP contribution in [0.25, 0.3) is 0 Å². The Labute approximate surface area is 113 Å². The van der Waals surface area contributed by atoms with Crippen molar-refractivity contribution in [2.24, 2.45) is 0 Å². The van der Waals surface area contributed by atoms with E-state index in [1.807, 2.05) is 0 Å². The smallest absolute Gasteiger partial charge is 0.407 e. The summed E-state index contributed by atoms with van der Waals surface area (Å²) >= 11 is 5.09. The van der Waals surface area contributed by atoms with Gasteiger partial charge in [0.05, 0.1) is 4.92 Å². The molecule has 102 valence electrons. The summed E-state index contributed by atoms with van der Waals surface area (Å²) in [5.74, 6) is 0. The van der Waals surface area contributed by atoms with Crippen molar-refractivity contribution in [3.63, 3.8) is 0 Å². The number of rotatable bonds is 6. The van der Waals surface area contributed by atoms with E-state index >= 15 is 0 Å². The molecule has 0 heterocycles. The zero-order chi connectivity index (χ0) is 14.3. The van der Waals surface area contributed by atoms with Crippen LogP contribution in [0.5, 0.6) is 0 Å². The number of nitrogens with one attached hydrogen (secondary N) is 1. The molecule has 0 bridgehead atoms. The highest BCUT2D eigenvalue weighted by molar-refractivity contribution is 6.63. The predicted molar refractivity (Wildman–Crippen MR) is 66.8 cm³/mol. The van der Waals surface area contributed by atoms with Crippen LogP contribution < -0.4 is 5.32 Å². The van der Waals surface area contributed by atoms with E-state index < -0.39 is 16.3 Å².